The van der Waals surface area contributed by atoms with Gasteiger partial charge in [0, 0.05) is 41.0 Å². The number of hydrogen-bond donors (Lipinski definition) is 0. The predicted molar refractivity (Wildman–Crippen MR) is 86.4 cm³/mol. The average molecular weight is 304 g/mol. The van der Waals surface area contributed by atoms with Crippen LogP contribution in [0.2, 0.25) is 0 Å². The molecule has 0 heterocycles. The van der Waals surface area contributed by atoms with E-state index in [0.717, 1.165) is 26.1 Å². The number of methoxy groups -OCH3 is 3. The lowest BCUT2D eigenvalue weighted by molar-refractivity contribution is -0.359. The molecule has 1 atom stereocenters. The van der Waals surface area contributed by atoms with Gasteiger partial charge in [0.15, 0.2) is 0 Å². The molecule has 128 valence electrons. The Morgan fingerprint density at radius 3 is 1.95 bits per heavy atom. The minimum atomic E-state index is -0.916. The lowest BCUT2D eigenvalue weighted by atomic mass is 9.93. The molecule has 4 nitrogen and oxygen atoms in total. The topological polar surface area (TPSA) is 36.9 Å². The van der Waals surface area contributed by atoms with Crippen molar-refractivity contribution in [1.82, 2.24) is 0 Å². The zero-order valence-corrected chi connectivity index (χ0v) is 14.8. The van der Waals surface area contributed by atoms with Gasteiger partial charge in [-0.1, -0.05) is 45.4 Å². The van der Waals surface area contributed by atoms with E-state index in [9.17, 15) is 0 Å². The van der Waals surface area contributed by atoms with Crippen molar-refractivity contribution in [3.8, 4) is 0 Å². The van der Waals surface area contributed by atoms with Crippen molar-refractivity contribution in [3.63, 3.8) is 0 Å². The maximum atomic E-state index is 5.50. The molecule has 0 aromatic carbocycles. The molecule has 4 heteroatoms. The molecule has 0 radical (unpaired) electrons. The number of hydrogen-bond acceptors (Lipinski definition) is 4. The third-order valence-corrected chi connectivity index (χ3v) is 4.06. The molecule has 0 bridgehead atoms. The lowest BCUT2D eigenvalue weighted by Gasteiger charge is -2.32. The first kappa shape index (κ1) is 20.8. The van der Waals surface area contributed by atoms with Crippen molar-refractivity contribution in [2.24, 2.45) is 5.92 Å². The Hall–Kier alpha value is -0.160. The minimum absolute atomic E-state index is 0.498. The Bertz CT molecular complexity index is 209. The zero-order chi connectivity index (χ0) is 16.0. The second kappa shape index (κ2) is 13.5. The van der Waals surface area contributed by atoms with Crippen LogP contribution >= 0.6 is 0 Å². The molecule has 0 fully saturated rings. The van der Waals surface area contributed by atoms with Crippen LogP contribution in [0.25, 0.3) is 0 Å². The molecule has 1 unspecified atom stereocenters. The molecule has 0 spiro atoms. The highest BCUT2D eigenvalue weighted by Crippen LogP contribution is 2.28. The third kappa shape index (κ3) is 9.46. The monoisotopic (exact) mass is 304 g/mol. The Balaban J connectivity index is 4.29. The quantitative estimate of drug-likeness (QED) is 0.332. The van der Waals surface area contributed by atoms with E-state index in [0.29, 0.717) is 5.92 Å². The Morgan fingerprint density at radius 2 is 1.43 bits per heavy atom. The van der Waals surface area contributed by atoms with Crippen LogP contribution in [0, 0.1) is 5.92 Å². The third-order valence-electron chi connectivity index (χ3n) is 4.06. The van der Waals surface area contributed by atoms with Crippen LogP contribution in [0.3, 0.4) is 0 Å². The summed E-state index contributed by atoms with van der Waals surface area (Å²) < 4.78 is 21.8. The second-order valence-electron chi connectivity index (χ2n) is 5.55. The van der Waals surface area contributed by atoms with Gasteiger partial charge in [-0.3, -0.25) is 0 Å². The van der Waals surface area contributed by atoms with E-state index in [2.05, 4.69) is 6.92 Å². The minimum Gasteiger partial charge on any atom is -0.382 e. The second-order valence-corrected chi connectivity index (χ2v) is 5.55. The van der Waals surface area contributed by atoms with Crippen molar-refractivity contribution in [3.05, 3.63) is 0 Å². The Morgan fingerprint density at radius 1 is 0.810 bits per heavy atom. The largest absolute Gasteiger partial charge is 0.382 e. The molecule has 21 heavy (non-hydrogen) atoms. The molecular weight excluding hydrogens is 268 g/mol. The van der Waals surface area contributed by atoms with Crippen LogP contribution in [0.1, 0.15) is 65.2 Å². The average Bonchev–Trinajstić information content (AvgIpc) is 2.52. The van der Waals surface area contributed by atoms with Gasteiger partial charge in [-0.05, 0) is 19.3 Å². The fourth-order valence-corrected chi connectivity index (χ4v) is 2.63. The predicted octanol–water partition coefficient (Wildman–Crippen LogP) is 4.37. The van der Waals surface area contributed by atoms with E-state index in [1.807, 2.05) is 6.92 Å². The Kier molecular flexibility index (Phi) is 13.4. The van der Waals surface area contributed by atoms with Gasteiger partial charge in [0.2, 0.25) is 0 Å². The summed E-state index contributed by atoms with van der Waals surface area (Å²) in [6.45, 7) is 5.84. The van der Waals surface area contributed by atoms with Crippen molar-refractivity contribution in [2.75, 3.05) is 34.5 Å². The molecular formula is C17H36O4. The van der Waals surface area contributed by atoms with E-state index in [4.69, 9.17) is 18.9 Å². The van der Waals surface area contributed by atoms with Crippen LogP contribution < -0.4 is 0 Å². The fourth-order valence-electron chi connectivity index (χ4n) is 2.63. The van der Waals surface area contributed by atoms with E-state index in [-0.39, 0.29) is 0 Å². The Labute approximate surface area is 131 Å². The molecule has 0 aromatic rings. The summed E-state index contributed by atoms with van der Waals surface area (Å²) in [6.07, 6.45) is 9.46. The van der Waals surface area contributed by atoms with Gasteiger partial charge in [0.25, 0.3) is 5.97 Å². The number of unbranched alkanes of at least 4 members (excludes halogenated alkanes) is 4. The summed E-state index contributed by atoms with van der Waals surface area (Å²) in [4.78, 5) is 0. The highest BCUT2D eigenvalue weighted by Gasteiger charge is 2.32. The van der Waals surface area contributed by atoms with Crippen molar-refractivity contribution >= 4 is 0 Å². The highest BCUT2D eigenvalue weighted by atomic mass is 16.9. The molecule has 0 aromatic heterocycles. The van der Waals surface area contributed by atoms with Crippen molar-refractivity contribution < 1.29 is 18.9 Å². The van der Waals surface area contributed by atoms with Gasteiger partial charge in [0.05, 0.1) is 0 Å². The maximum absolute atomic E-state index is 5.50. The smallest absolute Gasteiger partial charge is 0.282 e. The van der Waals surface area contributed by atoms with Gasteiger partial charge < -0.3 is 18.9 Å². The molecule has 0 amide bonds. The first-order chi connectivity index (χ1) is 10.2. The van der Waals surface area contributed by atoms with Gasteiger partial charge in [-0.15, -0.1) is 0 Å². The summed E-state index contributed by atoms with van der Waals surface area (Å²) in [7, 11) is 4.90. The van der Waals surface area contributed by atoms with Crippen LogP contribution in [-0.4, -0.2) is 40.5 Å². The van der Waals surface area contributed by atoms with E-state index in [1.54, 1.807) is 21.3 Å². The molecule has 0 saturated carbocycles. The van der Waals surface area contributed by atoms with E-state index in [1.165, 1.54) is 38.5 Å². The number of rotatable bonds is 15. The summed E-state index contributed by atoms with van der Waals surface area (Å²) >= 11 is 0. The number of ether oxygens (including phenoxy) is 4. The molecule has 0 rings (SSSR count). The van der Waals surface area contributed by atoms with Crippen molar-refractivity contribution in [2.45, 2.75) is 71.2 Å². The van der Waals surface area contributed by atoms with Crippen LogP contribution in [0.5, 0.6) is 0 Å². The van der Waals surface area contributed by atoms with Gasteiger partial charge in [-0.25, -0.2) is 0 Å². The SMILES string of the molecule is CCCCCCCC(CCOCC)CC(OC)(OC)OC. The zero-order valence-electron chi connectivity index (χ0n) is 14.8. The van der Waals surface area contributed by atoms with Crippen LogP contribution in [-0.2, 0) is 18.9 Å². The van der Waals surface area contributed by atoms with E-state index >= 15 is 0 Å². The molecule has 0 N–H and O–H groups in total. The van der Waals surface area contributed by atoms with Gasteiger partial charge >= 0.3 is 0 Å². The lowest BCUT2D eigenvalue weighted by Crippen LogP contribution is -2.38. The maximum Gasteiger partial charge on any atom is 0.282 e. The standard InChI is InChI=1S/C17H36O4/c1-6-8-9-10-11-12-16(13-14-21-7-2)15-17(18-3,19-4)20-5/h16H,6-15H2,1-5H3. The van der Waals surface area contributed by atoms with Crippen molar-refractivity contribution in [1.29, 1.82) is 0 Å². The summed E-state index contributed by atoms with van der Waals surface area (Å²) in [5.41, 5.74) is 0. The highest BCUT2D eigenvalue weighted by molar-refractivity contribution is 4.67. The first-order valence-electron chi connectivity index (χ1n) is 8.41. The van der Waals surface area contributed by atoms with Gasteiger partial charge in [-0.2, -0.15) is 0 Å². The van der Waals surface area contributed by atoms with Crippen LogP contribution in [0.4, 0.5) is 0 Å². The summed E-state index contributed by atoms with van der Waals surface area (Å²) in [5.74, 6) is -0.418. The molecule has 0 aliphatic carbocycles. The molecule has 0 saturated heterocycles. The first-order valence-corrected chi connectivity index (χ1v) is 8.41. The normalized spacial score (nSPS) is 13.6. The van der Waals surface area contributed by atoms with E-state index < -0.39 is 5.97 Å². The fraction of sp³-hybridized carbons (Fsp3) is 1.00. The molecule has 0 aliphatic rings. The van der Waals surface area contributed by atoms with Crippen LogP contribution in [0.15, 0.2) is 0 Å². The molecule has 0 aliphatic heterocycles. The van der Waals surface area contributed by atoms with Gasteiger partial charge in [0.1, 0.15) is 0 Å². The summed E-state index contributed by atoms with van der Waals surface area (Å²) in [6, 6.07) is 0. The summed E-state index contributed by atoms with van der Waals surface area (Å²) in [5, 5.41) is 0.